The van der Waals surface area contributed by atoms with E-state index in [0.717, 1.165) is 16.7 Å². The average molecular weight is 540 g/mol. The molecule has 4 atom stereocenters. The van der Waals surface area contributed by atoms with Gasteiger partial charge in [-0.3, -0.25) is 14.5 Å². The number of carbonyl (C=O) groups is 3. The third-order valence-corrected chi connectivity index (χ3v) is 8.40. The lowest BCUT2D eigenvalue weighted by Crippen LogP contribution is -2.48. The van der Waals surface area contributed by atoms with E-state index < -0.39 is 23.5 Å². The first-order valence-electron chi connectivity index (χ1n) is 14.0. The van der Waals surface area contributed by atoms with E-state index >= 15 is 0 Å². The van der Waals surface area contributed by atoms with Gasteiger partial charge in [-0.15, -0.1) is 0 Å². The van der Waals surface area contributed by atoms with Gasteiger partial charge in [0.1, 0.15) is 12.1 Å². The van der Waals surface area contributed by atoms with Crippen molar-refractivity contribution in [2.75, 3.05) is 26.7 Å². The molecule has 7 heteroatoms. The van der Waals surface area contributed by atoms with Crippen LogP contribution in [0.5, 0.6) is 0 Å². The Balaban J connectivity index is 1.41. The van der Waals surface area contributed by atoms with Crippen LogP contribution in [-0.4, -0.2) is 76.4 Å². The Hall–Kier alpha value is -3.97. The zero-order chi connectivity index (χ0) is 28.4. The SMILES string of the molecule is CC(C)C(C(=O)O)N(C)C(=O)[C@H]1CCN(C(=O)C2C[N@]2C(c2ccccc2)(c2ccccc2)c2ccccc2)C1. The number of carboxylic acid groups (broad SMARTS) is 1. The van der Waals surface area contributed by atoms with Crippen LogP contribution in [-0.2, 0) is 19.9 Å². The van der Waals surface area contributed by atoms with Gasteiger partial charge in [0.2, 0.25) is 11.8 Å². The summed E-state index contributed by atoms with van der Waals surface area (Å²) in [6, 6.07) is 29.7. The van der Waals surface area contributed by atoms with Crippen molar-refractivity contribution in [1.29, 1.82) is 0 Å². The monoisotopic (exact) mass is 539 g/mol. The Bertz CT molecular complexity index is 1250. The first kappa shape index (κ1) is 27.6. The Kier molecular flexibility index (Phi) is 7.76. The minimum atomic E-state index is -1.01. The number of benzene rings is 3. The van der Waals surface area contributed by atoms with Crippen molar-refractivity contribution >= 4 is 17.8 Å². The van der Waals surface area contributed by atoms with Crippen LogP contribution in [0.15, 0.2) is 91.0 Å². The number of carbonyl (C=O) groups excluding carboxylic acids is 2. The van der Waals surface area contributed by atoms with Crippen molar-refractivity contribution in [2.45, 2.75) is 37.9 Å². The Morgan fingerprint density at radius 3 is 1.73 bits per heavy atom. The number of nitrogens with zero attached hydrogens (tertiary/aromatic N) is 3. The summed E-state index contributed by atoms with van der Waals surface area (Å²) < 4.78 is 0. The van der Waals surface area contributed by atoms with Gasteiger partial charge in [0.05, 0.1) is 11.5 Å². The normalized spacial score (nSPS) is 21.2. The molecule has 0 saturated carbocycles. The van der Waals surface area contributed by atoms with Crippen LogP contribution in [0.2, 0.25) is 0 Å². The fraction of sp³-hybridized carbons (Fsp3) is 0.364. The number of rotatable bonds is 9. The second kappa shape index (κ2) is 11.3. The second-order valence-electron chi connectivity index (χ2n) is 11.2. The molecule has 0 aromatic heterocycles. The van der Waals surface area contributed by atoms with Gasteiger partial charge < -0.3 is 14.9 Å². The number of likely N-dealkylation sites (N-methyl/N-ethyl adjacent to an activating group) is 1. The van der Waals surface area contributed by atoms with E-state index in [4.69, 9.17) is 0 Å². The van der Waals surface area contributed by atoms with Crippen LogP contribution in [0.1, 0.15) is 37.0 Å². The summed E-state index contributed by atoms with van der Waals surface area (Å²) in [5.74, 6) is -1.82. The number of hydrogen-bond acceptors (Lipinski definition) is 4. The van der Waals surface area contributed by atoms with Gasteiger partial charge in [-0.05, 0) is 29.0 Å². The van der Waals surface area contributed by atoms with Gasteiger partial charge in [0.15, 0.2) is 0 Å². The highest BCUT2D eigenvalue weighted by Gasteiger charge is 2.57. The van der Waals surface area contributed by atoms with Crippen molar-refractivity contribution in [3.05, 3.63) is 108 Å². The minimum Gasteiger partial charge on any atom is -0.480 e. The summed E-state index contributed by atoms with van der Waals surface area (Å²) in [5, 5.41) is 9.65. The summed E-state index contributed by atoms with van der Waals surface area (Å²) in [7, 11) is 1.56. The van der Waals surface area contributed by atoms with E-state index in [9.17, 15) is 19.5 Å². The van der Waals surface area contributed by atoms with Crippen molar-refractivity contribution in [3.63, 3.8) is 0 Å². The molecule has 2 amide bonds. The van der Waals surface area contributed by atoms with Gasteiger partial charge in [0.25, 0.3) is 0 Å². The molecule has 1 N–H and O–H groups in total. The molecule has 2 aliphatic rings. The van der Waals surface area contributed by atoms with E-state index in [1.54, 1.807) is 25.8 Å². The molecule has 2 fully saturated rings. The highest BCUT2D eigenvalue weighted by molar-refractivity contribution is 5.89. The molecule has 40 heavy (non-hydrogen) atoms. The van der Waals surface area contributed by atoms with E-state index in [1.807, 2.05) is 54.6 Å². The first-order chi connectivity index (χ1) is 19.3. The summed E-state index contributed by atoms with van der Waals surface area (Å²) in [6.07, 6.45) is 0.535. The lowest BCUT2D eigenvalue weighted by atomic mass is 9.76. The van der Waals surface area contributed by atoms with Crippen LogP contribution in [0.25, 0.3) is 0 Å². The summed E-state index contributed by atoms with van der Waals surface area (Å²) in [6.45, 7) is 5.00. The minimum absolute atomic E-state index is 0.0174. The molecule has 2 aliphatic heterocycles. The first-order valence-corrected chi connectivity index (χ1v) is 14.0. The molecule has 0 aliphatic carbocycles. The van der Waals surface area contributed by atoms with Gasteiger partial charge in [-0.1, -0.05) is 105 Å². The third kappa shape index (κ3) is 4.90. The standard InChI is InChI=1S/C33H37N3O4/c1-23(2)29(32(39)40)34(3)30(37)24-19-20-35(21-24)31(38)28-22-36(28)33(25-13-7-4-8-14-25,26-15-9-5-10-16-26)27-17-11-6-12-18-27/h4-18,23-24,28-29H,19-22H2,1-3H3,(H,39,40)/t24-,28?,29?,36-/m0/s1. The second-order valence-corrected chi connectivity index (χ2v) is 11.2. The van der Waals surface area contributed by atoms with Crippen LogP contribution < -0.4 is 0 Å². The number of likely N-dealkylation sites (tertiary alicyclic amines) is 1. The van der Waals surface area contributed by atoms with Crippen LogP contribution >= 0.6 is 0 Å². The molecule has 3 aromatic rings. The predicted molar refractivity (Wildman–Crippen MR) is 153 cm³/mol. The molecular weight excluding hydrogens is 502 g/mol. The number of hydrogen-bond donors (Lipinski definition) is 1. The third-order valence-electron chi connectivity index (χ3n) is 8.40. The smallest absolute Gasteiger partial charge is 0.326 e. The molecule has 2 heterocycles. The van der Waals surface area contributed by atoms with Crippen molar-refractivity contribution < 1.29 is 19.5 Å². The zero-order valence-corrected chi connectivity index (χ0v) is 23.3. The van der Waals surface area contributed by atoms with Gasteiger partial charge in [-0.25, -0.2) is 4.79 Å². The summed E-state index contributed by atoms with van der Waals surface area (Å²) in [5.41, 5.74) is 2.62. The molecule has 0 spiro atoms. The lowest BCUT2D eigenvalue weighted by molar-refractivity contribution is -0.152. The Labute approximate surface area is 236 Å². The molecular formula is C33H37N3O4. The highest BCUT2D eigenvalue weighted by Crippen LogP contribution is 2.48. The van der Waals surface area contributed by atoms with E-state index in [-0.39, 0.29) is 23.8 Å². The lowest BCUT2D eigenvalue weighted by Gasteiger charge is -2.38. The van der Waals surface area contributed by atoms with E-state index in [0.29, 0.717) is 26.1 Å². The number of aliphatic carboxylic acids is 1. The predicted octanol–water partition coefficient (Wildman–Crippen LogP) is 4.08. The van der Waals surface area contributed by atoms with Gasteiger partial charge >= 0.3 is 5.97 Å². The maximum absolute atomic E-state index is 13.9. The van der Waals surface area contributed by atoms with Crippen LogP contribution in [0, 0.1) is 11.8 Å². The average Bonchev–Trinajstić information content (AvgIpc) is 3.60. The fourth-order valence-electron chi connectivity index (χ4n) is 6.45. The highest BCUT2D eigenvalue weighted by atomic mass is 16.4. The molecule has 0 radical (unpaired) electrons. The van der Waals surface area contributed by atoms with Crippen molar-refractivity contribution in [1.82, 2.24) is 14.7 Å². The van der Waals surface area contributed by atoms with Crippen molar-refractivity contribution in [3.8, 4) is 0 Å². The fourth-order valence-corrected chi connectivity index (χ4v) is 6.45. The Morgan fingerprint density at radius 2 is 1.30 bits per heavy atom. The number of carboxylic acids is 1. The summed E-state index contributed by atoms with van der Waals surface area (Å²) in [4.78, 5) is 44.3. The van der Waals surface area contributed by atoms with E-state index in [2.05, 4.69) is 41.3 Å². The molecule has 5 rings (SSSR count). The molecule has 0 bridgehead atoms. The topological polar surface area (TPSA) is 80.9 Å². The maximum Gasteiger partial charge on any atom is 0.326 e. The molecule has 3 aromatic carbocycles. The van der Waals surface area contributed by atoms with E-state index in [1.165, 1.54) is 4.90 Å². The molecule has 2 saturated heterocycles. The quantitative estimate of drug-likeness (QED) is 0.328. The largest absolute Gasteiger partial charge is 0.480 e. The Morgan fingerprint density at radius 1 is 0.825 bits per heavy atom. The van der Waals surface area contributed by atoms with Crippen molar-refractivity contribution in [2.24, 2.45) is 11.8 Å². The zero-order valence-electron chi connectivity index (χ0n) is 23.3. The number of amides is 2. The maximum atomic E-state index is 13.9. The molecule has 7 nitrogen and oxygen atoms in total. The summed E-state index contributed by atoms with van der Waals surface area (Å²) >= 11 is 0. The van der Waals surface area contributed by atoms with Gasteiger partial charge in [-0.2, -0.15) is 0 Å². The molecule has 208 valence electrons. The van der Waals surface area contributed by atoms with Crippen LogP contribution in [0.4, 0.5) is 0 Å². The molecule has 2 unspecified atom stereocenters. The van der Waals surface area contributed by atoms with Gasteiger partial charge in [0, 0.05) is 26.7 Å². The van der Waals surface area contributed by atoms with Crippen LogP contribution in [0.3, 0.4) is 0 Å².